The first-order chi connectivity index (χ1) is 25.6. The molecule has 2 heterocycles. The van der Waals surface area contributed by atoms with Gasteiger partial charge in [0.05, 0.1) is 28.4 Å². The summed E-state index contributed by atoms with van der Waals surface area (Å²) in [6.07, 6.45) is 0. The third kappa shape index (κ3) is 4.59. The maximum absolute atomic E-state index is 6.88. The first kappa shape index (κ1) is 30.3. The number of anilines is 6. The lowest BCUT2D eigenvalue weighted by atomic mass is 9.72. The van der Waals surface area contributed by atoms with Gasteiger partial charge in [-0.25, -0.2) is 0 Å². The van der Waals surface area contributed by atoms with Crippen LogP contribution in [0.2, 0.25) is 0 Å². The van der Waals surface area contributed by atoms with E-state index in [4.69, 9.17) is 4.74 Å². The van der Waals surface area contributed by atoms with Gasteiger partial charge in [-0.05, 0) is 70.1 Å². The number of hydrogen-bond donors (Lipinski definition) is 0. The summed E-state index contributed by atoms with van der Waals surface area (Å²) in [5.74, 6) is 1.72. The van der Waals surface area contributed by atoms with Crippen LogP contribution in [0.5, 0.6) is 11.5 Å². The average Bonchev–Trinajstić information content (AvgIpc) is 3.20. The average molecular weight is 669 g/mol. The predicted octanol–water partition coefficient (Wildman–Crippen LogP) is 13.9. The lowest BCUT2D eigenvalue weighted by molar-refractivity contribution is 0.472. The summed E-state index contributed by atoms with van der Waals surface area (Å²) in [5, 5.41) is 2.35. The Morgan fingerprint density at radius 1 is 0.481 bits per heavy atom. The molecule has 0 saturated heterocycles. The smallest absolute Gasteiger partial charge is 0.152 e. The molecule has 0 unspecified atom stereocenters. The van der Waals surface area contributed by atoms with Crippen LogP contribution in [0.1, 0.15) is 25.0 Å². The minimum Gasteiger partial charge on any atom is -0.453 e. The topological polar surface area (TPSA) is 15.7 Å². The van der Waals surface area contributed by atoms with Crippen LogP contribution in [-0.4, -0.2) is 0 Å². The highest BCUT2D eigenvalue weighted by Gasteiger charge is 2.44. The molecule has 0 saturated carbocycles. The van der Waals surface area contributed by atoms with Crippen LogP contribution in [-0.2, 0) is 5.41 Å². The van der Waals surface area contributed by atoms with Crippen molar-refractivity contribution in [2.45, 2.75) is 19.3 Å². The Hall–Kier alpha value is -6.58. The zero-order valence-corrected chi connectivity index (χ0v) is 29.1. The maximum atomic E-state index is 6.88. The number of fused-ring (bicyclic) bond motifs is 6. The molecule has 0 amide bonds. The standard InChI is InChI=1S/C49H36N2O/c1-49(2)40-22-12-14-24-42(40)51-47-39-21-10-9-19-36(39)27-31-44(47)52-45-32-30-43(46(49)48(45)51)50(37-28-25-34(26-29-37)33-15-5-3-6-16-33)41-23-13-11-20-38(41)35-17-7-4-8-18-35/h3-32H,1-2H3. The van der Waals surface area contributed by atoms with Crippen molar-refractivity contribution in [1.82, 2.24) is 0 Å². The molecular weight excluding hydrogens is 633 g/mol. The second kappa shape index (κ2) is 11.8. The van der Waals surface area contributed by atoms with Crippen molar-refractivity contribution in [2.24, 2.45) is 0 Å². The van der Waals surface area contributed by atoms with Gasteiger partial charge in [0, 0.05) is 27.6 Å². The summed E-state index contributed by atoms with van der Waals surface area (Å²) in [6.45, 7) is 4.72. The molecule has 8 aromatic carbocycles. The Balaban J connectivity index is 1.27. The van der Waals surface area contributed by atoms with Gasteiger partial charge in [0.15, 0.2) is 11.5 Å². The molecule has 0 bridgehead atoms. The number of hydrogen-bond acceptors (Lipinski definition) is 3. The van der Waals surface area contributed by atoms with Crippen molar-refractivity contribution in [2.75, 3.05) is 9.80 Å². The lowest BCUT2D eigenvalue weighted by Gasteiger charge is -2.47. The van der Waals surface area contributed by atoms with Crippen LogP contribution in [0.4, 0.5) is 34.1 Å². The van der Waals surface area contributed by atoms with E-state index in [1.54, 1.807) is 0 Å². The molecule has 0 N–H and O–H groups in total. The summed E-state index contributed by atoms with van der Waals surface area (Å²) in [5.41, 5.74) is 13.5. The van der Waals surface area contributed by atoms with E-state index >= 15 is 0 Å². The van der Waals surface area contributed by atoms with Crippen LogP contribution < -0.4 is 14.5 Å². The second-order valence-electron chi connectivity index (χ2n) is 14.2. The fourth-order valence-corrected chi connectivity index (χ4v) is 8.39. The Kier molecular flexibility index (Phi) is 6.84. The predicted molar refractivity (Wildman–Crippen MR) is 216 cm³/mol. The second-order valence-corrected chi connectivity index (χ2v) is 14.2. The lowest BCUT2D eigenvalue weighted by Crippen LogP contribution is -2.34. The Bertz CT molecular complexity index is 2630. The SMILES string of the molecule is CC1(C)c2ccccc2N2c3c(ccc(N(c4ccc(-c5ccccc5)cc4)c4ccccc4-c4ccccc4)c31)Oc1ccc3ccccc3c12. The van der Waals surface area contributed by atoms with Gasteiger partial charge in [0.1, 0.15) is 0 Å². The zero-order valence-electron chi connectivity index (χ0n) is 29.1. The van der Waals surface area contributed by atoms with Crippen LogP contribution in [0, 0.1) is 0 Å². The number of para-hydroxylation sites is 2. The molecular formula is C49H36N2O. The van der Waals surface area contributed by atoms with Gasteiger partial charge in [-0.15, -0.1) is 0 Å². The van der Waals surface area contributed by atoms with Gasteiger partial charge < -0.3 is 14.5 Å². The molecule has 8 aromatic rings. The van der Waals surface area contributed by atoms with Crippen LogP contribution >= 0.6 is 0 Å². The minimum absolute atomic E-state index is 0.372. The third-order valence-corrected chi connectivity index (χ3v) is 10.8. The molecule has 248 valence electrons. The highest BCUT2D eigenvalue weighted by molar-refractivity contribution is 6.07. The molecule has 0 atom stereocenters. The van der Waals surface area contributed by atoms with Gasteiger partial charge in [0.2, 0.25) is 0 Å². The summed E-state index contributed by atoms with van der Waals surface area (Å²) in [6, 6.07) is 65.3. The molecule has 3 nitrogen and oxygen atoms in total. The quantitative estimate of drug-likeness (QED) is 0.182. The number of nitrogens with zero attached hydrogens (tertiary/aromatic N) is 2. The van der Waals surface area contributed by atoms with Gasteiger partial charge in [0.25, 0.3) is 0 Å². The van der Waals surface area contributed by atoms with E-state index in [1.165, 1.54) is 49.8 Å². The van der Waals surface area contributed by atoms with Gasteiger partial charge in [-0.1, -0.05) is 153 Å². The van der Waals surface area contributed by atoms with Crippen LogP contribution in [0.25, 0.3) is 33.0 Å². The summed E-state index contributed by atoms with van der Waals surface area (Å²) < 4.78 is 6.88. The molecule has 2 aliphatic rings. The molecule has 0 spiro atoms. The monoisotopic (exact) mass is 668 g/mol. The summed E-state index contributed by atoms with van der Waals surface area (Å²) >= 11 is 0. The Morgan fingerprint density at radius 3 is 1.90 bits per heavy atom. The molecule has 3 heteroatoms. The number of rotatable bonds is 5. The highest BCUT2D eigenvalue weighted by Crippen LogP contribution is 2.64. The van der Waals surface area contributed by atoms with E-state index in [0.717, 1.165) is 39.9 Å². The maximum Gasteiger partial charge on any atom is 0.152 e. The van der Waals surface area contributed by atoms with E-state index < -0.39 is 0 Å². The molecule has 0 radical (unpaired) electrons. The molecule has 10 rings (SSSR count). The first-order valence-electron chi connectivity index (χ1n) is 17.9. The van der Waals surface area contributed by atoms with Crippen LogP contribution in [0.3, 0.4) is 0 Å². The van der Waals surface area contributed by atoms with Crippen molar-refractivity contribution < 1.29 is 4.74 Å². The van der Waals surface area contributed by atoms with Gasteiger partial charge in [-0.3, -0.25) is 0 Å². The number of benzene rings is 8. The summed E-state index contributed by atoms with van der Waals surface area (Å²) in [4.78, 5) is 4.93. The van der Waals surface area contributed by atoms with Gasteiger partial charge in [-0.2, -0.15) is 0 Å². The molecule has 0 aliphatic carbocycles. The summed E-state index contributed by atoms with van der Waals surface area (Å²) in [7, 11) is 0. The third-order valence-electron chi connectivity index (χ3n) is 10.8. The molecule has 52 heavy (non-hydrogen) atoms. The normalized spacial score (nSPS) is 13.5. The molecule has 2 aliphatic heterocycles. The van der Waals surface area contributed by atoms with E-state index in [2.05, 4.69) is 206 Å². The van der Waals surface area contributed by atoms with E-state index in [0.29, 0.717) is 0 Å². The Morgan fingerprint density at radius 2 is 1.10 bits per heavy atom. The fourth-order valence-electron chi connectivity index (χ4n) is 8.39. The molecule has 0 fully saturated rings. The fraction of sp³-hybridized carbons (Fsp3) is 0.0612. The van der Waals surface area contributed by atoms with Crippen LogP contribution in [0.15, 0.2) is 182 Å². The highest BCUT2D eigenvalue weighted by atomic mass is 16.5. The van der Waals surface area contributed by atoms with E-state index in [1.807, 2.05) is 0 Å². The van der Waals surface area contributed by atoms with Crippen molar-refractivity contribution >= 4 is 44.9 Å². The number of ether oxygens (including phenoxy) is 1. The van der Waals surface area contributed by atoms with Gasteiger partial charge >= 0.3 is 0 Å². The van der Waals surface area contributed by atoms with Crippen molar-refractivity contribution in [3.05, 3.63) is 193 Å². The van der Waals surface area contributed by atoms with Crippen molar-refractivity contribution in [1.29, 1.82) is 0 Å². The molecule has 0 aromatic heterocycles. The Labute approximate surface area is 304 Å². The van der Waals surface area contributed by atoms with Crippen molar-refractivity contribution in [3.8, 4) is 33.8 Å². The van der Waals surface area contributed by atoms with E-state index in [9.17, 15) is 0 Å². The van der Waals surface area contributed by atoms with Crippen molar-refractivity contribution in [3.63, 3.8) is 0 Å². The largest absolute Gasteiger partial charge is 0.453 e. The first-order valence-corrected chi connectivity index (χ1v) is 17.9. The zero-order chi connectivity index (χ0) is 34.8. The minimum atomic E-state index is -0.372. The van der Waals surface area contributed by atoms with E-state index in [-0.39, 0.29) is 5.41 Å².